The molecule has 0 bridgehead atoms. The standard InChI is InChI=1S/C25H17N3O4S/c29-24(15-32-19-11-9-16-5-1-2-6-17(16)13-19)26-22-14-18(28(30)31)10-12-20(22)25-27-21-7-3-4-8-23(21)33-25/h1-14H,15H2,(H,26,29). The fourth-order valence-electron chi connectivity index (χ4n) is 3.52. The lowest BCUT2D eigenvalue weighted by atomic mass is 10.1. The maximum absolute atomic E-state index is 12.7. The van der Waals surface area contributed by atoms with Crippen LogP contribution in [0.5, 0.6) is 5.75 Å². The van der Waals surface area contributed by atoms with Crippen molar-refractivity contribution in [3.63, 3.8) is 0 Å². The largest absolute Gasteiger partial charge is 0.484 e. The number of thiazole rings is 1. The highest BCUT2D eigenvalue weighted by Crippen LogP contribution is 2.36. The number of rotatable bonds is 6. The molecule has 7 nitrogen and oxygen atoms in total. The Morgan fingerprint density at radius 3 is 2.58 bits per heavy atom. The molecular formula is C25H17N3O4S. The molecule has 0 atom stereocenters. The van der Waals surface area contributed by atoms with Crippen LogP contribution in [0.25, 0.3) is 31.6 Å². The zero-order chi connectivity index (χ0) is 22.8. The second-order valence-electron chi connectivity index (χ2n) is 7.32. The average Bonchev–Trinajstić information content (AvgIpc) is 3.26. The van der Waals surface area contributed by atoms with Crippen LogP contribution in [0.3, 0.4) is 0 Å². The van der Waals surface area contributed by atoms with Crippen LogP contribution in [0.1, 0.15) is 0 Å². The van der Waals surface area contributed by atoms with Crippen LogP contribution >= 0.6 is 11.3 Å². The van der Waals surface area contributed by atoms with Crippen LogP contribution < -0.4 is 10.1 Å². The normalized spacial score (nSPS) is 10.9. The summed E-state index contributed by atoms with van der Waals surface area (Å²) in [6, 6.07) is 25.5. The van der Waals surface area contributed by atoms with Gasteiger partial charge >= 0.3 is 0 Å². The Hall–Kier alpha value is -4.30. The molecular weight excluding hydrogens is 438 g/mol. The molecule has 0 aliphatic heterocycles. The first-order chi connectivity index (χ1) is 16.1. The molecule has 0 unspecified atom stereocenters. The summed E-state index contributed by atoms with van der Waals surface area (Å²) in [5.74, 6) is 0.139. The molecule has 162 valence electrons. The van der Waals surface area contributed by atoms with Crippen molar-refractivity contribution < 1.29 is 14.5 Å². The topological polar surface area (TPSA) is 94.4 Å². The number of amides is 1. The van der Waals surface area contributed by atoms with Crippen molar-refractivity contribution in [1.29, 1.82) is 0 Å². The van der Waals surface area contributed by atoms with Crippen molar-refractivity contribution in [3.05, 3.63) is 95.0 Å². The van der Waals surface area contributed by atoms with Crippen LogP contribution in [0.2, 0.25) is 0 Å². The highest BCUT2D eigenvalue weighted by atomic mass is 32.1. The van der Waals surface area contributed by atoms with Gasteiger partial charge in [-0.15, -0.1) is 11.3 Å². The van der Waals surface area contributed by atoms with Gasteiger partial charge in [-0.05, 0) is 41.1 Å². The molecule has 5 rings (SSSR count). The molecule has 33 heavy (non-hydrogen) atoms. The van der Waals surface area contributed by atoms with Gasteiger partial charge in [0, 0.05) is 17.7 Å². The third-order valence-corrected chi connectivity index (χ3v) is 6.17. The highest BCUT2D eigenvalue weighted by Gasteiger charge is 2.17. The molecule has 0 saturated carbocycles. The molecule has 1 N–H and O–H groups in total. The molecule has 0 spiro atoms. The second kappa shape index (κ2) is 8.68. The van der Waals surface area contributed by atoms with E-state index >= 15 is 0 Å². The lowest BCUT2D eigenvalue weighted by Gasteiger charge is -2.11. The summed E-state index contributed by atoms with van der Waals surface area (Å²) in [6.07, 6.45) is 0. The minimum absolute atomic E-state index is 0.120. The Morgan fingerprint density at radius 2 is 1.76 bits per heavy atom. The average molecular weight is 455 g/mol. The van der Waals surface area contributed by atoms with Gasteiger partial charge in [0.2, 0.25) is 0 Å². The van der Waals surface area contributed by atoms with Gasteiger partial charge in [-0.25, -0.2) is 4.98 Å². The summed E-state index contributed by atoms with van der Waals surface area (Å²) in [5.41, 5.74) is 1.63. The molecule has 0 saturated heterocycles. The van der Waals surface area contributed by atoms with Crippen molar-refractivity contribution in [2.24, 2.45) is 0 Å². The Morgan fingerprint density at radius 1 is 0.970 bits per heavy atom. The van der Waals surface area contributed by atoms with E-state index in [2.05, 4.69) is 10.3 Å². The fraction of sp³-hybridized carbons (Fsp3) is 0.0400. The van der Waals surface area contributed by atoms with Gasteiger partial charge < -0.3 is 10.1 Å². The van der Waals surface area contributed by atoms with Crippen LogP contribution in [0.15, 0.2) is 84.9 Å². The summed E-state index contributed by atoms with van der Waals surface area (Å²) in [4.78, 5) is 28.1. The van der Waals surface area contributed by atoms with Gasteiger partial charge in [0.15, 0.2) is 6.61 Å². The highest BCUT2D eigenvalue weighted by molar-refractivity contribution is 7.21. The van der Waals surface area contributed by atoms with Crippen molar-refractivity contribution in [2.45, 2.75) is 0 Å². The van der Waals surface area contributed by atoms with E-state index in [4.69, 9.17) is 4.74 Å². The van der Waals surface area contributed by atoms with E-state index in [-0.39, 0.29) is 12.3 Å². The maximum atomic E-state index is 12.7. The number of hydrogen-bond acceptors (Lipinski definition) is 6. The van der Waals surface area contributed by atoms with Gasteiger partial charge in [0.25, 0.3) is 11.6 Å². The second-order valence-corrected chi connectivity index (χ2v) is 8.35. The number of benzene rings is 4. The van der Waals surface area contributed by atoms with Gasteiger partial charge in [-0.1, -0.05) is 42.5 Å². The van der Waals surface area contributed by atoms with E-state index in [0.717, 1.165) is 21.0 Å². The lowest BCUT2D eigenvalue weighted by Crippen LogP contribution is -2.20. The fourth-order valence-corrected chi connectivity index (χ4v) is 4.52. The monoisotopic (exact) mass is 455 g/mol. The molecule has 0 fully saturated rings. The quantitative estimate of drug-likeness (QED) is 0.249. The number of nitrogens with one attached hydrogen (secondary N) is 1. The molecule has 1 heterocycles. The van der Waals surface area contributed by atoms with Crippen molar-refractivity contribution >= 4 is 49.6 Å². The smallest absolute Gasteiger partial charge is 0.271 e. The van der Waals surface area contributed by atoms with E-state index in [1.807, 2.05) is 60.7 Å². The zero-order valence-corrected chi connectivity index (χ0v) is 18.0. The van der Waals surface area contributed by atoms with E-state index < -0.39 is 10.8 Å². The number of carbonyl (C=O) groups is 1. The Bertz CT molecular complexity index is 1480. The van der Waals surface area contributed by atoms with Crippen LogP contribution in [-0.2, 0) is 4.79 Å². The number of nitro groups is 1. The number of para-hydroxylation sites is 1. The number of hydrogen-bond donors (Lipinski definition) is 1. The number of carbonyl (C=O) groups excluding carboxylic acids is 1. The molecule has 5 aromatic rings. The first-order valence-electron chi connectivity index (χ1n) is 10.1. The van der Waals surface area contributed by atoms with Gasteiger partial charge in [0.05, 0.1) is 20.8 Å². The molecule has 4 aromatic carbocycles. The molecule has 0 aliphatic rings. The maximum Gasteiger partial charge on any atom is 0.271 e. The SMILES string of the molecule is O=C(COc1ccc2ccccc2c1)Nc1cc([N+](=O)[O-])ccc1-c1nc2ccccc2s1. The van der Waals surface area contributed by atoms with Gasteiger partial charge in [-0.2, -0.15) is 0 Å². The Balaban J connectivity index is 1.39. The molecule has 0 radical (unpaired) electrons. The van der Waals surface area contributed by atoms with Gasteiger partial charge in [-0.3, -0.25) is 14.9 Å². The minimum atomic E-state index is -0.497. The summed E-state index contributed by atoms with van der Waals surface area (Å²) in [7, 11) is 0. The van der Waals surface area contributed by atoms with E-state index in [1.54, 1.807) is 12.1 Å². The third-order valence-electron chi connectivity index (χ3n) is 5.10. The van der Waals surface area contributed by atoms with Crippen LogP contribution in [-0.4, -0.2) is 22.4 Å². The first-order valence-corrected chi connectivity index (χ1v) is 10.9. The minimum Gasteiger partial charge on any atom is -0.484 e. The summed E-state index contributed by atoms with van der Waals surface area (Å²) in [5, 5.41) is 16.8. The number of ether oxygens (including phenoxy) is 1. The van der Waals surface area contributed by atoms with Crippen LogP contribution in [0.4, 0.5) is 11.4 Å². The molecule has 1 aromatic heterocycles. The lowest BCUT2D eigenvalue weighted by molar-refractivity contribution is -0.384. The number of nitrogens with zero attached hydrogens (tertiary/aromatic N) is 2. The predicted molar refractivity (Wildman–Crippen MR) is 130 cm³/mol. The van der Waals surface area contributed by atoms with Crippen molar-refractivity contribution in [3.8, 4) is 16.3 Å². The van der Waals surface area contributed by atoms with Crippen molar-refractivity contribution in [2.75, 3.05) is 11.9 Å². The van der Waals surface area contributed by atoms with Crippen molar-refractivity contribution in [1.82, 2.24) is 4.98 Å². The van der Waals surface area contributed by atoms with E-state index in [1.165, 1.54) is 23.5 Å². The third kappa shape index (κ3) is 4.37. The van der Waals surface area contributed by atoms with Crippen LogP contribution in [0, 0.1) is 10.1 Å². The Kier molecular flexibility index (Phi) is 5.42. The molecule has 1 amide bonds. The summed E-state index contributed by atoms with van der Waals surface area (Å²) < 4.78 is 6.65. The Labute approximate surface area is 192 Å². The number of anilines is 1. The number of nitro benzene ring substituents is 1. The first kappa shape index (κ1) is 20.6. The van der Waals surface area contributed by atoms with E-state index in [9.17, 15) is 14.9 Å². The molecule has 0 aliphatic carbocycles. The summed E-state index contributed by atoms with van der Waals surface area (Å²) >= 11 is 1.45. The number of fused-ring (bicyclic) bond motifs is 2. The zero-order valence-electron chi connectivity index (χ0n) is 17.2. The number of aromatic nitrogens is 1. The van der Waals surface area contributed by atoms with E-state index in [0.29, 0.717) is 22.0 Å². The predicted octanol–water partition coefficient (Wildman–Crippen LogP) is 6.04. The number of non-ortho nitro benzene ring substituents is 1. The molecule has 8 heteroatoms. The summed E-state index contributed by atoms with van der Waals surface area (Å²) in [6.45, 7) is -0.236. The van der Waals surface area contributed by atoms with Gasteiger partial charge in [0.1, 0.15) is 10.8 Å².